The number of carbonyl (C=O) groups is 1. The molecule has 1 heterocycles. The first kappa shape index (κ1) is 23.5. The lowest BCUT2D eigenvalue weighted by atomic mass is 10.3. The van der Waals surface area contributed by atoms with Crippen molar-refractivity contribution >= 4 is 41.5 Å². The number of guanidine groups is 1. The van der Waals surface area contributed by atoms with E-state index in [1.54, 1.807) is 7.11 Å². The number of halogens is 1. The van der Waals surface area contributed by atoms with Gasteiger partial charge in [-0.3, -0.25) is 4.79 Å². The maximum absolute atomic E-state index is 12.2. The number of likely N-dealkylation sites (tertiary alicyclic amines) is 1. The van der Waals surface area contributed by atoms with Crippen LogP contribution in [0.25, 0.3) is 0 Å². The third-order valence-electron chi connectivity index (χ3n) is 4.03. The van der Waals surface area contributed by atoms with Crippen molar-refractivity contribution in [2.75, 3.05) is 51.8 Å². The molecule has 0 atom stereocenters. The summed E-state index contributed by atoms with van der Waals surface area (Å²) in [5.74, 6) is 1.46. The van der Waals surface area contributed by atoms with Crippen molar-refractivity contribution in [2.45, 2.75) is 26.2 Å². The van der Waals surface area contributed by atoms with Crippen molar-refractivity contribution in [3.05, 3.63) is 24.3 Å². The monoisotopic (exact) mass is 490 g/mol. The number of methoxy groups -OCH3 is 1. The van der Waals surface area contributed by atoms with Gasteiger partial charge in [-0.25, -0.2) is 4.99 Å². The number of nitrogens with zero attached hydrogens (tertiary/aromatic N) is 2. The van der Waals surface area contributed by atoms with Gasteiger partial charge in [0.25, 0.3) is 0 Å². The molecule has 1 aromatic rings. The molecule has 0 aromatic heterocycles. The average Bonchev–Trinajstić information content (AvgIpc) is 3.18. The first-order valence-corrected chi connectivity index (χ1v) is 9.28. The van der Waals surface area contributed by atoms with E-state index in [0.29, 0.717) is 19.2 Å². The van der Waals surface area contributed by atoms with Crippen LogP contribution in [0.3, 0.4) is 0 Å². The summed E-state index contributed by atoms with van der Waals surface area (Å²) in [4.78, 5) is 18.5. The Kier molecular flexibility index (Phi) is 11.8. The summed E-state index contributed by atoms with van der Waals surface area (Å²) >= 11 is 0. The van der Waals surface area contributed by atoms with Gasteiger partial charge in [-0.05, 0) is 31.9 Å². The van der Waals surface area contributed by atoms with Gasteiger partial charge in [0.2, 0.25) is 5.91 Å². The molecule has 1 saturated heterocycles. The van der Waals surface area contributed by atoms with E-state index in [1.165, 1.54) is 0 Å². The van der Waals surface area contributed by atoms with E-state index in [9.17, 15) is 4.79 Å². The van der Waals surface area contributed by atoms with Crippen molar-refractivity contribution in [1.82, 2.24) is 10.2 Å². The van der Waals surface area contributed by atoms with Crippen molar-refractivity contribution in [1.29, 1.82) is 0 Å². The van der Waals surface area contributed by atoms with Crippen molar-refractivity contribution < 1.29 is 14.3 Å². The Morgan fingerprint density at radius 3 is 2.74 bits per heavy atom. The lowest BCUT2D eigenvalue weighted by molar-refractivity contribution is -0.128. The summed E-state index contributed by atoms with van der Waals surface area (Å²) < 4.78 is 10.7. The molecule has 27 heavy (non-hydrogen) atoms. The molecular formula is C19H31IN4O3. The van der Waals surface area contributed by atoms with Crippen molar-refractivity contribution in [3.8, 4) is 5.75 Å². The fourth-order valence-corrected chi connectivity index (χ4v) is 2.71. The van der Waals surface area contributed by atoms with Gasteiger partial charge in [-0.1, -0.05) is 6.07 Å². The molecule has 0 unspecified atom stereocenters. The highest BCUT2D eigenvalue weighted by molar-refractivity contribution is 14.0. The number of aliphatic imine (C=N–C) groups is 1. The number of amides is 1. The first-order valence-electron chi connectivity index (χ1n) is 9.28. The fourth-order valence-electron chi connectivity index (χ4n) is 2.71. The van der Waals surface area contributed by atoms with Crippen molar-refractivity contribution in [2.24, 2.45) is 4.99 Å². The molecule has 7 nitrogen and oxygen atoms in total. The van der Waals surface area contributed by atoms with E-state index in [1.807, 2.05) is 36.1 Å². The Labute approximate surface area is 178 Å². The summed E-state index contributed by atoms with van der Waals surface area (Å²) in [6.45, 7) is 5.85. The van der Waals surface area contributed by atoms with Crippen molar-refractivity contribution in [3.63, 3.8) is 0 Å². The summed E-state index contributed by atoms with van der Waals surface area (Å²) in [6, 6.07) is 7.70. The number of ether oxygens (including phenoxy) is 2. The molecule has 0 aliphatic carbocycles. The highest BCUT2D eigenvalue weighted by atomic mass is 127. The van der Waals surface area contributed by atoms with Gasteiger partial charge < -0.3 is 25.0 Å². The normalized spacial score (nSPS) is 13.9. The lowest BCUT2D eigenvalue weighted by Gasteiger charge is -2.15. The zero-order chi connectivity index (χ0) is 18.6. The standard InChI is InChI=1S/C19H30N4O3.HI/c1-3-20-19(21-15-18(24)23-10-4-5-11-23)22-16-8-6-9-17(14-16)26-13-7-12-25-2;/h6,8-9,14H,3-5,7,10-13,15H2,1-2H3,(H2,20,21,22);1H. The van der Waals surface area contributed by atoms with Gasteiger partial charge in [0.05, 0.1) is 6.61 Å². The molecule has 152 valence electrons. The van der Waals surface area contributed by atoms with Crippen LogP contribution < -0.4 is 15.4 Å². The molecule has 0 saturated carbocycles. The summed E-state index contributed by atoms with van der Waals surface area (Å²) in [7, 11) is 1.68. The number of anilines is 1. The Balaban J connectivity index is 0.00000364. The zero-order valence-corrected chi connectivity index (χ0v) is 18.5. The minimum Gasteiger partial charge on any atom is -0.493 e. The second-order valence-electron chi connectivity index (χ2n) is 6.13. The number of rotatable bonds is 9. The van der Waals surface area contributed by atoms with Crippen LogP contribution in [-0.2, 0) is 9.53 Å². The third kappa shape index (κ3) is 8.79. The Morgan fingerprint density at radius 1 is 1.26 bits per heavy atom. The van der Waals surface area contributed by atoms with Gasteiger partial charge in [-0.2, -0.15) is 0 Å². The minimum absolute atomic E-state index is 0. The molecule has 0 spiro atoms. The zero-order valence-electron chi connectivity index (χ0n) is 16.2. The van der Waals surface area contributed by atoms with Crippen LogP contribution in [0.5, 0.6) is 5.75 Å². The molecule has 2 rings (SSSR count). The first-order chi connectivity index (χ1) is 12.7. The minimum atomic E-state index is 0. The van der Waals surface area contributed by atoms with Gasteiger partial charge in [0, 0.05) is 51.5 Å². The molecule has 0 radical (unpaired) electrons. The molecule has 1 aromatic carbocycles. The summed E-state index contributed by atoms with van der Waals surface area (Å²) in [5.41, 5.74) is 0.863. The maximum Gasteiger partial charge on any atom is 0.244 e. The van der Waals surface area contributed by atoms with E-state index in [0.717, 1.165) is 50.3 Å². The molecule has 2 N–H and O–H groups in total. The largest absolute Gasteiger partial charge is 0.493 e. The van der Waals surface area contributed by atoms with Crippen LogP contribution in [0, 0.1) is 0 Å². The summed E-state index contributed by atoms with van der Waals surface area (Å²) in [6.07, 6.45) is 3.02. The van der Waals surface area contributed by atoms with E-state index < -0.39 is 0 Å². The number of hydrogen-bond donors (Lipinski definition) is 2. The Morgan fingerprint density at radius 2 is 2.04 bits per heavy atom. The van der Waals surface area contributed by atoms with E-state index in [-0.39, 0.29) is 36.4 Å². The average molecular weight is 490 g/mol. The highest BCUT2D eigenvalue weighted by Crippen LogP contribution is 2.17. The molecule has 1 aliphatic rings. The van der Waals surface area contributed by atoms with E-state index >= 15 is 0 Å². The van der Waals surface area contributed by atoms with Crippen LogP contribution in [0.15, 0.2) is 29.3 Å². The number of carbonyl (C=O) groups excluding carboxylic acids is 1. The molecule has 1 fully saturated rings. The number of benzene rings is 1. The third-order valence-corrected chi connectivity index (χ3v) is 4.03. The van der Waals surface area contributed by atoms with Crippen LogP contribution in [-0.4, -0.2) is 63.3 Å². The Hall–Kier alpha value is -1.55. The van der Waals surface area contributed by atoms with Crippen LogP contribution in [0.2, 0.25) is 0 Å². The van der Waals surface area contributed by atoms with Gasteiger partial charge in [0.1, 0.15) is 12.3 Å². The smallest absolute Gasteiger partial charge is 0.244 e. The van der Waals surface area contributed by atoms with Gasteiger partial charge in [0.15, 0.2) is 5.96 Å². The second kappa shape index (κ2) is 13.6. The van der Waals surface area contributed by atoms with Crippen LogP contribution in [0.1, 0.15) is 26.2 Å². The van der Waals surface area contributed by atoms with E-state index in [2.05, 4.69) is 15.6 Å². The van der Waals surface area contributed by atoms with Crippen LogP contribution in [0.4, 0.5) is 5.69 Å². The predicted molar refractivity (Wildman–Crippen MR) is 119 cm³/mol. The number of hydrogen-bond acceptors (Lipinski definition) is 4. The topological polar surface area (TPSA) is 75.2 Å². The Bertz CT molecular complexity index is 592. The number of nitrogens with one attached hydrogen (secondary N) is 2. The molecule has 0 bridgehead atoms. The quantitative estimate of drug-likeness (QED) is 0.241. The predicted octanol–water partition coefficient (Wildman–Crippen LogP) is 2.72. The van der Waals surface area contributed by atoms with Crippen LogP contribution >= 0.6 is 24.0 Å². The molecule has 8 heteroatoms. The fraction of sp³-hybridized carbons (Fsp3) is 0.579. The maximum atomic E-state index is 12.2. The SMILES string of the molecule is CCNC(=NCC(=O)N1CCCC1)Nc1cccc(OCCCOC)c1.I. The highest BCUT2D eigenvalue weighted by Gasteiger charge is 2.17. The van der Waals surface area contributed by atoms with E-state index in [4.69, 9.17) is 9.47 Å². The van der Waals surface area contributed by atoms with Gasteiger partial charge in [-0.15, -0.1) is 24.0 Å². The second-order valence-corrected chi connectivity index (χ2v) is 6.13. The lowest BCUT2D eigenvalue weighted by Crippen LogP contribution is -2.34. The van der Waals surface area contributed by atoms with Gasteiger partial charge >= 0.3 is 0 Å². The molecule has 1 amide bonds. The molecule has 1 aliphatic heterocycles. The summed E-state index contributed by atoms with van der Waals surface area (Å²) in [5, 5.41) is 6.40. The molecular weight excluding hydrogens is 459 g/mol.